The van der Waals surface area contributed by atoms with Gasteiger partial charge in [0.1, 0.15) is 0 Å². The van der Waals surface area contributed by atoms with E-state index < -0.39 is 0 Å². The van der Waals surface area contributed by atoms with Crippen molar-refractivity contribution in [2.45, 2.75) is 19.3 Å². The normalized spacial score (nSPS) is 12.8. The van der Waals surface area contributed by atoms with Crippen LogP contribution in [0.3, 0.4) is 0 Å². The van der Waals surface area contributed by atoms with E-state index in [0.717, 1.165) is 44.1 Å². The monoisotopic (exact) mass is 742 g/mol. The van der Waals surface area contributed by atoms with Gasteiger partial charge in [0.05, 0.1) is 11.0 Å². The van der Waals surface area contributed by atoms with Gasteiger partial charge < -0.3 is 0 Å². The summed E-state index contributed by atoms with van der Waals surface area (Å²) in [6.45, 7) is 4.69. The molecule has 0 saturated carbocycles. The van der Waals surface area contributed by atoms with Crippen LogP contribution >= 0.6 is 0 Å². The van der Waals surface area contributed by atoms with Crippen LogP contribution in [0.15, 0.2) is 194 Å². The van der Waals surface area contributed by atoms with Crippen molar-refractivity contribution in [1.82, 2.24) is 19.5 Å². The lowest BCUT2D eigenvalue weighted by Gasteiger charge is -2.22. The van der Waals surface area contributed by atoms with Crippen molar-refractivity contribution < 1.29 is 0 Å². The molecule has 0 spiro atoms. The minimum atomic E-state index is -0.0807. The Balaban J connectivity index is 1.08. The van der Waals surface area contributed by atoms with Crippen LogP contribution in [0.1, 0.15) is 25.0 Å². The topological polar surface area (TPSA) is 43.6 Å². The van der Waals surface area contributed by atoms with E-state index in [1.807, 2.05) is 24.3 Å². The molecule has 4 nitrogen and oxygen atoms in total. The van der Waals surface area contributed by atoms with Crippen LogP contribution in [-0.4, -0.2) is 19.5 Å². The number of nitrogens with zero attached hydrogens (tertiary/aromatic N) is 4. The van der Waals surface area contributed by atoms with Gasteiger partial charge in [-0.15, -0.1) is 0 Å². The Morgan fingerprint density at radius 2 is 0.828 bits per heavy atom. The lowest BCUT2D eigenvalue weighted by Crippen LogP contribution is -2.14. The Labute approximate surface area is 337 Å². The van der Waals surface area contributed by atoms with Crippen LogP contribution in [-0.2, 0) is 5.41 Å². The third-order valence-corrected chi connectivity index (χ3v) is 11.9. The summed E-state index contributed by atoms with van der Waals surface area (Å²) in [6.07, 6.45) is 0. The van der Waals surface area contributed by atoms with E-state index >= 15 is 0 Å². The van der Waals surface area contributed by atoms with Gasteiger partial charge in [-0.3, -0.25) is 4.57 Å². The molecule has 0 saturated heterocycles. The Morgan fingerprint density at radius 1 is 0.345 bits per heavy atom. The number of hydrogen-bond donors (Lipinski definition) is 0. The Hall–Kier alpha value is -7.43. The molecule has 0 radical (unpaired) electrons. The second kappa shape index (κ2) is 13.4. The first-order chi connectivity index (χ1) is 28.5. The van der Waals surface area contributed by atoms with E-state index in [-0.39, 0.29) is 5.41 Å². The van der Waals surface area contributed by atoms with Crippen molar-refractivity contribution >= 4 is 21.8 Å². The van der Waals surface area contributed by atoms with E-state index in [4.69, 9.17) is 15.0 Å². The molecule has 0 N–H and O–H groups in total. The molecule has 0 aliphatic heterocycles. The summed E-state index contributed by atoms with van der Waals surface area (Å²) in [4.78, 5) is 15.5. The molecular weight excluding hydrogens is 705 g/mol. The van der Waals surface area contributed by atoms with Gasteiger partial charge in [0.15, 0.2) is 11.6 Å². The number of aromatic nitrogens is 4. The molecule has 58 heavy (non-hydrogen) atoms. The smallest absolute Gasteiger partial charge is 0.238 e. The maximum Gasteiger partial charge on any atom is 0.238 e. The zero-order chi connectivity index (χ0) is 38.8. The molecule has 274 valence electrons. The van der Waals surface area contributed by atoms with Crippen LogP contribution in [0.4, 0.5) is 0 Å². The highest BCUT2D eigenvalue weighted by molar-refractivity contribution is 6.10. The summed E-state index contributed by atoms with van der Waals surface area (Å²) in [5.74, 6) is 1.83. The highest BCUT2D eigenvalue weighted by atomic mass is 15.2. The van der Waals surface area contributed by atoms with Gasteiger partial charge in [0.2, 0.25) is 5.95 Å². The standard InChI is InChI=1S/C54H38N4/c1-54(2)47-23-13-11-21-43(47)44-31-29-39(33-48(44)54)41-19-9-10-20-42(41)40-30-32-46-45-22-12-14-24-49(45)58(50(46)34-40)53-56-51(37-17-7-4-8-18-37)55-52(57-53)38-27-25-36(26-28-38)35-15-5-3-6-16-35/h3-34H,1-2H3. The maximum absolute atomic E-state index is 5.25. The summed E-state index contributed by atoms with van der Waals surface area (Å²) in [5, 5.41) is 2.29. The third kappa shape index (κ3) is 5.48. The molecule has 1 aliphatic carbocycles. The molecule has 4 heteroatoms. The largest absolute Gasteiger partial charge is 0.278 e. The summed E-state index contributed by atoms with van der Waals surface area (Å²) >= 11 is 0. The highest BCUT2D eigenvalue weighted by Gasteiger charge is 2.35. The molecule has 0 atom stereocenters. The van der Waals surface area contributed by atoms with Crippen molar-refractivity contribution in [2.75, 3.05) is 0 Å². The van der Waals surface area contributed by atoms with E-state index in [1.54, 1.807) is 0 Å². The predicted molar refractivity (Wildman–Crippen MR) is 239 cm³/mol. The summed E-state index contributed by atoms with van der Waals surface area (Å²) in [5.41, 5.74) is 16.3. The van der Waals surface area contributed by atoms with Crippen LogP contribution in [0.2, 0.25) is 0 Å². The summed E-state index contributed by atoms with van der Waals surface area (Å²) < 4.78 is 2.21. The van der Waals surface area contributed by atoms with Gasteiger partial charge in [-0.25, -0.2) is 4.98 Å². The molecule has 0 amide bonds. The average Bonchev–Trinajstić information content (AvgIpc) is 3.74. The SMILES string of the molecule is CC1(C)c2ccccc2-c2ccc(-c3ccccc3-c3ccc4c5ccccc5n(-c5nc(-c6ccccc6)nc(-c6ccc(-c7ccccc7)cc6)n5)c4c3)cc21. The molecule has 2 heterocycles. The van der Waals surface area contributed by atoms with Crippen LogP contribution in [0.25, 0.3) is 95.0 Å². The van der Waals surface area contributed by atoms with Crippen molar-refractivity contribution in [2.24, 2.45) is 0 Å². The van der Waals surface area contributed by atoms with E-state index in [1.165, 1.54) is 44.5 Å². The lowest BCUT2D eigenvalue weighted by molar-refractivity contribution is 0.660. The zero-order valence-corrected chi connectivity index (χ0v) is 32.3. The van der Waals surface area contributed by atoms with Crippen molar-refractivity contribution in [1.29, 1.82) is 0 Å². The first-order valence-electron chi connectivity index (χ1n) is 19.9. The number of fused-ring (bicyclic) bond motifs is 6. The minimum absolute atomic E-state index is 0.0807. The lowest BCUT2D eigenvalue weighted by atomic mass is 9.81. The molecule has 10 aromatic rings. The van der Waals surface area contributed by atoms with Crippen LogP contribution in [0.5, 0.6) is 0 Å². The predicted octanol–water partition coefficient (Wildman–Crippen LogP) is 13.6. The van der Waals surface area contributed by atoms with Gasteiger partial charge in [0.25, 0.3) is 0 Å². The van der Waals surface area contributed by atoms with Crippen molar-refractivity contribution in [3.05, 3.63) is 205 Å². The highest BCUT2D eigenvalue weighted by Crippen LogP contribution is 2.50. The van der Waals surface area contributed by atoms with Crippen LogP contribution < -0.4 is 0 Å². The third-order valence-electron chi connectivity index (χ3n) is 11.9. The molecule has 8 aromatic carbocycles. The molecular formula is C54H38N4. The van der Waals surface area contributed by atoms with Gasteiger partial charge in [-0.05, 0) is 73.8 Å². The Morgan fingerprint density at radius 3 is 1.55 bits per heavy atom. The fourth-order valence-corrected chi connectivity index (χ4v) is 8.96. The van der Waals surface area contributed by atoms with Crippen molar-refractivity contribution in [3.63, 3.8) is 0 Å². The second-order valence-electron chi connectivity index (χ2n) is 15.7. The Bertz CT molecular complexity index is 3180. The molecule has 0 fully saturated rings. The van der Waals surface area contributed by atoms with E-state index in [0.29, 0.717) is 17.6 Å². The molecule has 0 bridgehead atoms. The molecule has 2 aromatic heterocycles. The van der Waals surface area contributed by atoms with Crippen molar-refractivity contribution in [3.8, 4) is 73.2 Å². The number of para-hydroxylation sites is 1. The second-order valence-corrected chi connectivity index (χ2v) is 15.7. The fourth-order valence-electron chi connectivity index (χ4n) is 8.96. The van der Waals surface area contributed by atoms with Gasteiger partial charge in [0, 0.05) is 27.3 Å². The zero-order valence-electron chi connectivity index (χ0n) is 32.3. The number of benzene rings is 8. The fraction of sp³-hybridized carbons (Fsp3) is 0.0556. The molecule has 11 rings (SSSR count). The minimum Gasteiger partial charge on any atom is -0.278 e. The van der Waals surface area contributed by atoms with Gasteiger partial charge in [-0.2, -0.15) is 9.97 Å². The number of hydrogen-bond acceptors (Lipinski definition) is 3. The Kier molecular flexibility index (Phi) is 7.80. The van der Waals surface area contributed by atoms with Crippen LogP contribution in [0, 0.1) is 0 Å². The van der Waals surface area contributed by atoms with Gasteiger partial charge >= 0.3 is 0 Å². The molecule has 0 unspecified atom stereocenters. The first-order valence-corrected chi connectivity index (χ1v) is 19.9. The van der Waals surface area contributed by atoms with E-state index in [9.17, 15) is 0 Å². The summed E-state index contributed by atoms with van der Waals surface area (Å²) in [7, 11) is 0. The quantitative estimate of drug-likeness (QED) is 0.170. The first kappa shape index (κ1) is 33.9. The summed E-state index contributed by atoms with van der Waals surface area (Å²) in [6, 6.07) is 69.1. The average molecular weight is 743 g/mol. The molecule has 1 aliphatic rings. The van der Waals surface area contributed by atoms with Gasteiger partial charge in [-0.1, -0.05) is 190 Å². The number of rotatable bonds is 6. The van der Waals surface area contributed by atoms with E-state index in [2.05, 4.69) is 188 Å². The maximum atomic E-state index is 5.25.